The number of carbonyl (C=O) groups is 1. The maximum Gasteiger partial charge on any atom is 0.124 e. The van der Waals surface area contributed by atoms with E-state index in [1.807, 2.05) is 6.07 Å². The van der Waals surface area contributed by atoms with E-state index in [4.69, 9.17) is 0 Å². The van der Waals surface area contributed by atoms with Gasteiger partial charge in [-0.2, -0.15) is 0 Å². The summed E-state index contributed by atoms with van der Waals surface area (Å²) in [4.78, 5) is 11.1. The summed E-state index contributed by atoms with van der Waals surface area (Å²) in [5.41, 5.74) is 1.33. The SMILES string of the molecule is O=C[C@H]1[C@H](c2ccccc2)[C@H]2C=C[C@H]1C2. The van der Waals surface area contributed by atoms with Gasteiger partial charge in [0.05, 0.1) is 0 Å². The number of fused-ring (bicyclic) bond motifs is 2. The molecule has 0 aromatic heterocycles. The van der Waals surface area contributed by atoms with Crippen molar-refractivity contribution in [2.24, 2.45) is 17.8 Å². The third kappa shape index (κ3) is 1.26. The van der Waals surface area contributed by atoms with E-state index >= 15 is 0 Å². The molecule has 0 radical (unpaired) electrons. The second kappa shape index (κ2) is 3.34. The molecule has 1 aromatic rings. The standard InChI is InChI=1S/C14H14O/c15-9-13-11-6-7-12(8-11)14(13)10-4-2-1-3-5-10/h1-7,9,11-14H,8H2/t11-,12-,13+,14+/m0/s1. The van der Waals surface area contributed by atoms with Crippen LogP contribution in [0.3, 0.4) is 0 Å². The Morgan fingerprint density at radius 3 is 2.53 bits per heavy atom. The number of rotatable bonds is 2. The van der Waals surface area contributed by atoms with Crippen molar-refractivity contribution in [1.82, 2.24) is 0 Å². The van der Waals surface area contributed by atoms with Gasteiger partial charge in [-0.15, -0.1) is 0 Å². The smallest absolute Gasteiger partial charge is 0.124 e. The Hall–Kier alpha value is -1.37. The highest BCUT2D eigenvalue weighted by Gasteiger charge is 2.44. The van der Waals surface area contributed by atoms with E-state index in [-0.39, 0.29) is 5.92 Å². The highest BCUT2D eigenvalue weighted by molar-refractivity contribution is 5.59. The van der Waals surface area contributed by atoms with E-state index in [0.717, 1.165) is 6.29 Å². The molecule has 0 amide bonds. The number of aldehydes is 1. The van der Waals surface area contributed by atoms with Crippen LogP contribution in [-0.2, 0) is 4.79 Å². The molecule has 0 N–H and O–H groups in total. The normalized spacial score (nSPS) is 37.1. The first-order chi connectivity index (χ1) is 7.40. The van der Waals surface area contributed by atoms with Crippen molar-refractivity contribution >= 4 is 6.29 Å². The first-order valence-electron chi connectivity index (χ1n) is 5.58. The highest BCUT2D eigenvalue weighted by atomic mass is 16.1. The summed E-state index contributed by atoms with van der Waals surface area (Å²) in [5, 5.41) is 0. The summed E-state index contributed by atoms with van der Waals surface area (Å²) < 4.78 is 0. The Bertz CT molecular complexity index is 393. The van der Waals surface area contributed by atoms with E-state index in [1.54, 1.807) is 0 Å². The molecule has 0 saturated heterocycles. The van der Waals surface area contributed by atoms with E-state index in [9.17, 15) is 4.79 Å². The molecule has 4 atom stereocenters. The van der Waals surface area contributed by atoms with Gasteiger partial charge in [0.1, 0.15) is 6.29 Å². The van der Waals surface area contributed by atoms with Crippen molar-refractivity contribution in [1.29, 1.82) is 0 Å². The summed E-state index contributed by atoms with van der Waals surface area (Å²) in [7, 11) is 0. The van der Waals surface area contributed by atoms with Crippen molar-refractivity contribution in [3.8, 4) is 0 Å². The molecule has 1 aromatic carbocycles. The van der Waals surface area contributed by atoms with E-state index in [0.29, 0.717) is 17.8 Å². The number of hydrogen-bond donors (Lipinski definition) is 0. The minimum Gasteiger partial charge on any atom is -0.303 e. The fourth-order valence-corrected chi connectivity index (χ4v) is 3.19. The average Bonchev–Trinajstić information content (AvgIpc) is 2.89. The molecular formula is C14H14O. The van der Waals surface area contributed by atoms with E-state index < -0.39 is 0 Å². The van der Waals surface area contributed by atoms with Crippen LogP contribution in [0.2, 0.25) is 0 Å². The van der Waals surface area contributed by atoms with Crippen molar-refractivity contribution in [3.63, 3.8) is 0 Å². The Morgan fingerprint density at radius 2 is 1.80 bits per heavy atom. The number of hydrogen-bond acceptors (Lipinski definition) is 1. The molecule has 2 aliphatic rings. The molecule has 2 bridgehead atoms. The first-order valence-corrected chi connectivity index (χ1v) is 5.58. The molecule has 1 heteroatoms. The second-order valence-electron chi connectivity index (χ2n) is 4.60. The maximum atomic E-state index is 11.1. The van der Waals surface area contributed by atoms with Gasteiger partial charge >= 0.3 is 0 Å². The van der Waals surface area contributed by atoms with Gasteiger partial charge in [-0.1, -0.05) is 42.5 Å². The van der Waals surface area contributed by atoms with Crippen molar-refractivity contribution in [2.45, 2.75) is 12.3 Å². The zero-order chi connectivity index (χ0) is 10.3. The summed E-state index contributed by atoms with van der Waals surface area (Å²) in [6.07, 6.45) is 6.85. The minimum absolute atomic E-state index is 0.211. The molecule has 0 spiro atoms. The molecule has 15 heavy (non-hydrogen) atoms. The predicted molar refractivity (Wildman–Crippen MR) is 59.5 cm³/mol. The molecule has 0 heterocycles. The molecule has 0 unspecified atom stereocenters. The molecular weight excluding hydrogens is 184 g/mol. The van der Waals surface area contributed by atoms with E-state index in [2.05, 4.69) is 36.4 Å². The lowest BCUT2D eigenvalue weighted by molar-refractivity contribution is -0.112. The van der Waals surface area contributed by atoms with Gasteiger partial charge in [0, 0.05) is 11.8 Å². The van der Waals surface area contributed by atoms with Crippen LogP contribution in [0.15, 0.2) is 42.5 Å². The van der Waals surface area contributed by atoms with Gasteiger partial charge in [0.15, 0.2) is 0 Å². The van der Waals surface area contributed by atoms with Gasteiger partial charge in [-0.05, 0) is 23.8 Å². The summed E-state index contributed by atoms with van der Waals surface area (Å²) in [6.45, 7) is 0. The van der Waals surface area contributed by atoms with Crippen molar-refractivity contribution in [3.05, 3.63) is 48.0 Å². The third-order valence-corrected chi connectivity index (χ3v) is 3.86. The van der Waals surface area contributed by atoms with Crippen LogP contribution in [0.1, 0.15) is 17.9 Å². The first kappa shape index (κ1) is 8.90. The largest absolute Gasteiger partial charge is 0.303 e. The lowest BCUT2D eigenvalue weighted by Crippen LogP contribution is -2.18. The van der Waals surface area contributed by atoms with Crippen LogP contribution in [0.4, 0.5) is 0 Å². The van der Waals surface area contributed by atoms with Crippen LogP contribution in [0.5, 0.6) is 0 Å². The van der Waals surface area contributed by atoms with Crippen LogP contribution in [0.25, 0.3) is 0 Å². The summed E-state index contributed by atoms with van der Waals surface area (Å²) >= 11 is 0. The molecule has 1 nitrogen and oxygen atoms in total. The quantitative estimate of drug-likeness (QED) is 0.527. The maximum absolute atomic E-state index is 11.1. The number of benzene rings is 1. The monoisotopic (exact) mass is 198 g/mol. The molecule has 1 saturated carbocycles. The number of carbonyl (C=O) groups excluding carboxylic acids is 1. The Morgan fingerprint density at radius 1 is 1.07 bits per heavy atom. The molecule has 0 aliphatic heterocycles. The Balaban J connectivity index is 1.99. The topological polar surface area (TPSA) is 17.1 Å². The lowest BCUT2D eigenvalue weighted by Gasteiger charge is -2.24. The van der Waals surface area contributed by atoms with Gasteiger partial charge in [-0.25, -0.2) is 0 Å². The van der Waals surface area contributed by atoms with Crippen LogP contribution < -0.4 is 0 Å². The van der Waals surface area contributed by atoms with Crippen LogP contribution in [0, 0.1) is 17.8 Å². The lowest BCUT2D eigenvalue weighted by atomic mass is 9.79. The molecule has 1 fully saturated rings. The van der Waals surface area contributed by atoms with Gasteiger partial charge in [0.2, 0.25) is 0 Å². The highest BCUT2D eigenvalue weighted by Crippen LogP contribution is 2.51. The van der Waals surface area contributed by atoms with Gasteiger partial charge in [0.25, 0.3) is 0 Å². The van der Waals surface area contributed by atoms with Gasteiger partial charge < -0.3 is 4.79 Å². The molecule has 76 valence electrons. The average molecular weight is 198 g/mol. The molecule has 3 rings (SSSR count). The fourth-order valence-electron chi connectivity index (χ4n) is 3.19. The minimum atomic E-state index is 0.211. The van der Waals surface area contributed by atoms with Crippen molar-refractivity contribution < 1.29 is 4.79 Å². The number of allylic oxidation sites excluding steroid dienone is 2. The Kier molecular flexibility index (Phi) is 1.98. The van der Waals surface area contributed by atoms with E-state index in [1.165, 1.54) is 12.0 Å². The summed E-state index contributed by atoms with van der Waals surface area (Å²) in [6, 6.07) is 10.5. The van der Waals surface area contributed by atoms with Crippen molar-refractivity contribution in [2.75, 3.05) is 0 Å². The summed E-state index contributed by atoms with van der Waals surface area (Å²) in [5.74, 6) is 1.73. The van der Waals surface area contributed by atoms with Gasteiger partial charge in [-0.3, -0.25) is 0 Å². The second-order valence-corrected chi connectivity index (χ2v) is 4.60. The Labute approximate surface area is 89.8 Å². The fraction of sp³-hybridized carbons (Fsp3) is 0.357. The predicted octanol–water partition coefficient (Wildman–Crippen LogP) is 2.79. The zero-order valence-electron chi connectivity index (χ0n) is 8.54. The van der Waals surface area contributed by atoms with Crippen LogP contribution >= 0.6 is 0 Å². The molecule has 2 aliphatic carbocycles. The third-order valence-electron chi connectivity index (χ3n) is 3.86. The zero-order valence-corrected chi connectivity index (χ0v) is 8.54. The van der Waals surface area contributed by atoms with Crippen LogP contribution in [-0.4, -0.2) is 6.29 Å².